The Kier molecular flexibility index (Phi) is 6.54. The topological polar surface area (TPSA) is 3.24 Å². The van der Waals surface area contributed by atoms with Crippen molar-refractivity contribution in [3.63, 3.8) is 0 Å². The Morgan fingerprint density at radius 3 is 2.50 bits per heavy atom. The lowest BCUT2D eigenvalue weighted by molar-refractivity contribution is 0.612. The Morgan fingerprint density at radius 1 is 1.33 bits per heavy atom. The van der Waals surface area contributed by atoms with E-state index < -0.39 is 0 Å². The molecule has 0 aromatic carbocycles. The molecule has 0 bridgehead atoms. The van der Waals surface area contributed by atoms with E-state index in [-0.39, 0.29) is 0 Å². The molecule has 0 heterocycles. The van der Waals surface area contributed by atoms with Gasteiger partial charge in [-0.1, -0.05) is 31.9 Å². The monoisotopic (exact) mass is 167 g/mol. The molecule has 0 amide bonds. The van der Waals surface area contributed by atoms with Gasteiger partial charge in [-0.3, -0.25) is 0 Å². The summed E-state index contributed by atoms with van der Waals surface area (Å²) < 4.78 is 0. The first-order chi connectivity index (χ1) is 5.70. The zero-order valence-electron chi connectivity index (χ0n) is 8.80. The number of nitrogens with zero attached hydrogens (tertiary/aromatic N) is 1. The molecule has 0 aliphatic rings. The van der Waals surface area contributed by atoms with Crippen LogP contribution in [-0.4, -0.2) is 11.9 Å². The molecule has 0 radical (unpaired) electrons. The maximum Gasteiger partial charge on any atom is 0.0106 e. The molecule has 0 aromatic heterocycles. The summed E-state index contributed by atoms with van der Waals surface area (Å²) >= 11 is 0. The summed E-state index contributed by atoms with van der Waals surface area (Å²) in [5.74, 6) is 0. The van der Waals surface area contributed by atoms with E-state index in [9.17, 15) is 0 Å². The highest BCUT2D eigenvalue weighted by atomic mass is 15.0. The van der Waals surface area contributed by atoms with Crippen molar-refractivity contribution in [3.05, 3.63) is 24.0 Å². The number of hydrogen-bond donors (Lipinski definition) is 0. The molecule has 12 heavy (non-hydrogen) atoms. The van der Waals surface area contributed by atoms with E-state index in [4.69, 9.17) is 0 Å². The summed E-state index contributed by atoms with van der Waals surface area (Å²) in [6.45, 7) is 6.52. The SMILES string of the molecule is CCC/C=C\N(C)/C=C(\C)CC. The quantitative estimate of drug-likeness (QED) is 0.605. The van der Waals surface area contributed by atoms with Crippen LogP contribution in [0.4, 0.5) is 0 Å². The summed E-state index contributed by atoms with van der Waals surface area (Å²) in [5.41, 5.74) is 1.42. The molecule has 0 spiro atoms. The van der Waals surface area contributed by atoms with Crippen molar-refractivity contribution in [2.75, 3.05) is 7.05 Å². The third-order valence-corrected chi connectivity index (χ3v) is 1.78. The lowest BCUT2D eigenvalue weighted by Crippen LogP contribution is -2.00. The average Bonchev–Trinajstić information content (AvgIpc) is 2.05. The van der Waals surface area contributed by atoms with E-state index >= 15 is 0 Å². The van der Waals surface area contributed by atoms with Gasteiger partial charge in [0.15, 0.2) is 0 Å². The first-order valence-electron chi connectivity index (χ1n) is 4.76. The molecule has 0 unspecified atom stereocenters. The number of unbranched alkanes of at least 4 members (excludes halogenated alkanes) is 1. The van der Waals surface area contributed by atoms with E-state index in [2.05, 4.69) is 51.2 Å². The standard InChI is InChI=1S/C11H21N/c1-5-7-8-9-12(4)10-11(3)6-2/h8-10H,5-7H2,1-4H3/b9-8-,11-10+. The second-order valence-electron chi connectivity index (χ2n) is 3.17. The molecule has 0 aromatic rings. The summed E-state index contributed by atoms with van der Waals surface area (Å²) in [4.78, 5) is 2.12. The minimum Gasteiger partial charge on any atom is -0.358 e. The second kappa shape index (κ2) is 6.96. The Labute approximate surface area is 76.8 Å². The summed E-state index contributed by atoms with van der Waals surface area (Å²) in [5, 5.41) is 0. The van der Waals surface area contributed by atoms with Gasteiger partial charge in [0, 0.05) is 13.2 Å². The summed E-state index contributed by atoms with van der Waals surface area (Å²) in [6, 6.07) is 0. The Balaban J connectivity index is 3.79. The lowest BCUT2D eigenvalue weighted by Gasteiger charge is -2.08. The largest absolute Gasteiger partial charge is 0.358 e. The third-order valence-electron chi connectivity index (χ3n) is 1.78. The average molecular weight is 167 g/mol. The van der Waals surface area contributed by atoms with Crippen LogP contribution in [0.1, 0.15) is 40.0 Å². The summed E-state index contributed by atoms with van der Waals surface area (Å²) in [6.07, 6.45) is 10.0. The van der Waals surface area contributed by atoms with Gasteiger partial charge in [0.05, 0.1) is 0 Å². The molecule has 0 aliphatic heterocycles. The van der Waals surface area contributed by atoms with E-state index in [1.54, 1.807) is 0 Å². The molecular weight excluding hydrogens is 146 g/mol. The fraction of sp³-hybridized carbons (Fsp3) is 0.636. The lowest BCUT2D eigenvalue weighted by atomic mass is 10.2. The molecule has 0 aliphatic carbocycles. The normalized spacial score (nSPS) is 12.5. The van der Waals surface area contributed by atoms with Gasteiger partial charge in [-0.05, 0) is 26.0 Å². The van der Waals surface area contributed by atoms with Crippen LogP contribution in [0, 0.1) is 0 Å². The first-order valence-corrected chi connectivity index (χ1v) is 4.76. The molecular formula is C11H21N. The molecule has 0 atom stereocenters. The predicted molar refractivity (Wildman–Crippen MR) is 55.9 cm³/mol. The molecule has 0 saturated carbocycles. The van der Waals surface area contributed by atoms with Crippen LogP contribution in [0.5, 0.6) is 0 Å². The highest BCUT2D eigenvalue weighted by Gasteiger charge is 1.86. The van der Waals surface area contributed by atoms with Crippen LogP contribution in [0.25, 0.3) is 0 Å². The maximum absolute atomic E-state index is 2.21. The van der Waals surface area contributed by atoms with Gasteiger partial charge >= 0.3 is 0 Å². The van der Waals surface area contributed by atoms with Crippen LogP contribution in [0.3, 0.4) is 0 Å². The zero-order valence-corrected chi connectivity index (χ0v) is 8.80. The van der Waals surface area contributed by atoms with Gasteiger partial charge in [-0.2, -0.15) is 0 Å². The smallest absolute Gasteiger partial charge is 0.0106 e. The fourth-order valence-corrected chi connectivity index (χ4v) is 0.889. The summed E-state index contributed by atoms with van der Waals surface area (Å²) in [7, 11) is 2.07. The Hall–Kier alpha value is -0.720. The van der Waals surface area contributed by atoms with E-state index in [1.165, 1.54) is 18.4 Å². The van der Waals surface area contributed by atoms with Crippen molar-refractivity contribution in [2.45, 2.75) is 40.0 Å². The van der Waals surface area contributed by atoms with Crippen molar-refractivity contribution in [2.24, 2.45) is 0 Å². The number of rotatable bonds is 5. The molecule has 0 saturated heterocycles. The molecule has 0 fully saturated rings. The first kappa shape index (κ1) is 11.3. The maximum atomic E-state index is 2.21. The van der Waals surface area contributed by atoms with Gasteiger partial charge in [0.2, 0.25) is 0 Å². The minimum absolute atomic E-state index is 1.13. The number of hydrogen-bond acceptors (Lipinski definition) is 1. The van der Waals surface area contributed by atoms with Crippen molar-refractivity contribution in [1.82, 2.24) is 4.90 Å². The second-order valence-corrected chi connectivity index (χ2v) is 3.17. The molecule has 0 rings (SSSR count). The highest BCUT2D eigenvalue weighted by molar-refractivity contribution is 4.99. The van der Waals surface area contributed by atoms with Gasteiger partial charge in [0.25, 0.3) is 0 Å². The van der Waals surface area contributed by atoms with Gasteiger partial charge < -0.3 is 4.90 Å². The van der Waals surface area contributed by atoms with Crippen LogP contribution >= 0.6 is 0 Å². The van der Waals surface area contributed by atoms with Crippen molar-refractivity contribution in [3.8, 4) is 0 Å². The molecule has 1 nitrogen and oxygen atoms in total. The molecule has 0 N–H and O–H groups in total. The van der Waals surface area contributed by atoms with E-state index in [0.717, 1.165) is 6.42 Å². The zero-order chi connectivity index (χ0) is 9.40. The van der Waals surface area contributed by atoms with Crippen molar-refractivity contribution in [1.29, 1.82) is 0 Å². The van der Waals surface area contributed by atoms with E-state index in [0.29, 0.717) is 0 Å². The van der Waals surface area contributed by atoms with Crippen LogP contribution < -0.4 is 0 Å². The predicted octanol–water partition coefficient (Wildman–Crippen LogP) is 3.55. The van der Waals surface area contributed by atoms with Crippen LogP contribution in [0.2, 0.25) is 0 Å². The Morgan fingerprint density at radius 2 is 2.00 bits per heavy atom. The van der Waals surface area contributed by atoms with Gasteiger partial charge in [-0.15, -0.1) is 0 Å². The Bertz CT molecular complexity index is 156. The molecule has 1 heteroatoms. The van der Waals surface area contributed by atoms with Crippen LogP contribution in [0.15, 0.2) is 24.0 Å². The van der Waals surface area contributed by atoms with Crippen LogP contribution in [-0.2, 0) is 0 Å². The van der Waals surface area contributed by atoms with Gasteiger partial charge in [-0.25, -0.2) is 0 Å². The fourth-order valence-electron chi connectivity index (χ4n) is 0.889. The third kappa shape index (κ3) is 6.02. The van der Waals surface area contributed by atoms with Gasteiger partial charge in [0.1, 0.15) is 0 Å². The molecule has 70 valence electrons. The van der Waals surface area contributed by atoms with Crippen molar-refractivity contribution >= 4 is 0 Å². The highest BCUT2D eigenvalue weighted by Crippen LogP contribution is 2.00. The van der Waals surface area contributed by atoms with E-state index in [1.807, 2.05) is 0 Å². The van der Waals surface area contributed by atoms with Crippen molar-refractivity contribution < 1.29 is 0 Å². The minimum atomic E-state index is 1.13. The number of allylic oxidation sites excluding steroid dienone is 2.